The molecule has 0 aliphatic carbocycles. The zero-order valence-corrected chi connectivity index (χ0v) is 11.3. The second kappa shape index (κ2) is 5.17. The molecule has 1 rings (SSSR count). The van der Waals surface area contributed by atoms with Crippen LogP contribution in [-0.4, -0.2) is 37.0 Å². The topological polar surface area (TPSA) is 32.3 Å². The van der Waals surface area contributed by atoms with Crippen molar-refractivity contribution in [3.05, 3.63) is 0 Å². The lowest BCUT2D eigenvalue weighted by atomic mass is 9.90. The minimum atomic E-state index is -0.280. The van der Waals surface area contributed by atoms with Crippen molar-refractivity contribution < 1.29 is 4.79 Å². The molecule has 0 spiro atoms. The van der Waals surface area contributed by atoms with Crippen LogP contribution < -0.4 is 5.32 Å². The van der Waals surface area contributed by atoms with Crippen LogP contribution in [0.2, 0.25) is 0 Å². The van der Waals surface area contributed by atoms with Gasteiger partial charge in [-0.05, 0) is 19.4 Å². The molecule has 3 nitrogen and oxygen atoms in total. The quantitative estimate of drug-likeness (QED) is 0.779. The van der Waals surface area contributed by atoms with Crippen molar-refractivity contribution in [2.45, 2.75) is 46.6 Å². The van der Waals surface area contributed by atoms with Crippen molar-refractivity contribution in [2.75, 3.05) is 20.1 Å². The van der Waals surface area contributed by atoms with E-state index in [9.17, 15) is 4.79 Å². The molecule has 1 amide bonds. The second-order valence-electron chi connectivity index (χ2n) is 6.15. The molecule has 0 saturated carbocycles. The van der Waals surface area contributed by atoms with Gasteiger partial charge in [0.25, 0.3) is 0 Å². The number of likely N-dealkylation sites (N-methyl/N-ethyl adjacent to an activating group) is 1. The van der Waals surface area contributed by atoms with E-state index < -0.39 is 0 Å². The van der Waals surface area contributed by atoms with Gasteiger partial charge in [-0.2, -0.15) is 0 Å². The lowest BCUT2D eigenvalue weighted by Gasteiger charge is -2.36. The van der Waals surface area contributed by atoms with E-state index in [2.05, 4.69) is 24.2 Å². The highest BCUT2D eigenvalue weighted by Gasteiger charge is 2.28. The molecule has 0 aromatic carbocycles. The first-order valence-corrected chi connectivity index (χ1v) is 6.32. The Balaban J connectivity index is 2.51. The molecule has 16 heavy (non-hydrogen) atoms. The summed E-state index contributed by atoms with van der Waals surface area (Å²) in [7, 11) is 2.14. The lowest BCUT2D eigenvalue weighted by molar-refractivity contribution is -0.129. The normalized spacial score (nSPS) is 27.8. The highest BCUT2D eigenvalue weighted by atomic mass is 16.2. The molecule has 0 bridgehead atoms. The molecule has 2 unspecified atom stereocenters. The van der Waals surface area contributed by atoms with E-state index in [1.807, 2.05) is 20.8 Å². The maximum atomic E-state index is 11.9. The monoisotopic (exact) mass is 226 g/mol. The number of amides is 1. The van der Waals surface area contributed by atoms with Crippen LogP contribution in [0, 0.1) is 11.3 Å². The zero-order valence-electron chi connectivity index (χ0n) is 11.3. The molecule has 0 aromatic heterocycles. The van der Waals surface area contributed by atoms with E-state index in [1.54, 1.807) is 0 Å². The molecule has 1 N–H and O–H groups in total. The van der Waals surface area contributed by atoms with E-state index in [1.165, 1.54) is 13.0 Å². The Kier molecular flexibility index (Phi) is 4.36. The highest BCUT2D eigenvalue weighted by Crippen LogP contribution is 2.20. The first-order chi connectivity index (χ1) is 7.32. The Morgan fingerprint density at radius 3 is 2.50 bits per heavy atom. The number of nitrogens with one attached hydrogen (secondary N) is 1. The molecule has 0 radical (unpaired) electrons. The fourth-order valence-corrected chi connectivity index (χ4v) is 2.25. The molecule has 1 saturated heterocycles. The number of rotatable bonds is 2. The molecule has 1 fully saturated rings. The van der Waals surface area contributed by atoms with Gasteiger partial charge in [0.2, 0.25) is 5.91 Å². The standard InChI is InChI=1S/C13H26N2O/c1-6-10-7-11(9-15(5)8-10)14-12(16)13(2,3)4/h10-11H,6-9H2,1-5H3,(H,14,16). The van der Waals surface area contributed by atoms with E-state index >= 15 is 0 Å². The van der Waals surface area contributed by atoms with Crippen LogP contribution in [0.15, 0.2) is 0 Å². The van der Waals surface area contributed by atoms with Gasteiger partial charge in [-0.3, -0.25) is 4.79 Å². The fourth-order valence-electron chi connectivity index (χ4n) is 2.25. The Hall–Kier alpha value is -0.570. The molecule has 1 aliphatic heterocycles. The minimum Gasteiger partial charge on any atom is -0.352 e. The Bertz CT molecular complexity index is 245. The Morgan fingerprint density at radius 1 is 1.38 bits per heavy atom. The average molecular weight is 226 g/mol. The summed E-state index contributed by atoms with van der Waals surface area (Å²) in [5, 5.41) is 3.17. The zero-order chi connectivity index (χ0) is 12.3. The first-order valence-electron chi connectivity index (χ1n) is 6.32. The van der Waals surface area contributed by atoms with Crippen molar-refractivity contribution in [2.24, 2.45) is 11.3 Å². The Morgan fingerprint density at radius 2 is 2.00 bits per heavy atom. The summed E-state index contributed by atoms with van der Waals surface area (Å²) in [5.74, 6) is 0.895. The van der Waals surface area contributed by atoms with Crippen molar-refractivity contribution in [1.29, 1.82) is 0 Å². The third kappa shape index (κ3) is 3.78. The van der Waals surface area contributed by atoms with Gasteiger partial charge in [0.15, 0.2) is 0 Å². The summed E-state index contributed by atoms with van der Waals surface area (Å²) < 4.78 is 0. The number of carbonyl (C=O) groups is 1. The van der Waals surface area contributed by atoms with Gasteiger partial charge in [-0.15, -0.1) is 0 Å². The average Bonchev–Trinajstić information content (AvgIpc) is 2.15. The maximum Gasteiger partial charge on any atom is 0.225 e. The van der Waals surface area contributed by atoms with Crippen LogP contribution in [-0.2, 0) is 4.79 Å². The largest absolute Gasteiger partial charge is 0.352 e. The molecule has 3 heteroatoms. The van der Waals surface area contributed by atoms with Gasteiger partial charge >= 0.3 is 0 Å². The molecule has 2 atom stereocenters. The Labute approximate surface area is 99.6 Å². The molecular weight excluding hydrogens is 200 g/mol. The molecule has 0 aromatic rings. The van der Waals surface area contributed by atoms with Crippen LogP contribution >= 0.6 is 0 Å². The number of hydrogen-bond donors (Lipinski definition) is 1. The third-order valence-corrected chi connectivity index (χ3v) is 3.31. The van der Waals surface area contributed by atoms with Crippen LogP contribution in [0.3, 0.4) is 0 Å². The summed E-state index contributed by atoms with van der Waals surface area (Å²) >= 11 is 0. The summed E-state index contributed by atoms with van der Waals surface area (Å²) in [5.41, 5.74) is -0.280. The summed E-state index contributed by atoms with van der Waals surface area (Å²) in [6.45, 7) is 10.3. The molecule has 1 aliphatic rings. The van der Waals surface area contributed by atoms with E-state index in [0.29, 0.717) is 6.04 Å². The minimum absolute atomic E-state index is 0.169. The second-order valence-corrected chi connectivity index (χ2v) is 6.15. The summed E-state index contributed by atoms with van der Waals surface area (Å²) in [4.78, 5) is 14.2. The predicted octanol–water partition coefficient (Wildman–Crippen LogP) is 1.88. The molecule has 1 heterocycles. The number of nitrogens with zero attached hydrogens (tertiary/aromatic N) is 1. The maximum absolute atomic E-state index is 11.9. The number of likely N-dealkylation sites (tertiary alicyclic amines) is 1. The third-order valence-electron chi connectivity index (χ3n) is 3.31. The fraction of sp³-hybridized carbons (Fsp3) is 0.923. The van der Waals surface area contributed by atoms with Crippen molar-refractivity contribution in [1.82, 2.24) is 10.2 Å². The highest BCUT2D eigenvalue weighted by molar-refractivity contribution is 5.81. The number of piperidine rings is 1. The van der Waals surface area contributed by atoms with Crippen LogP contribution in [0.25, 0.3) is 0 Å². The van der Waals surface area contributed by atoms with E-state index in [0.717, 1.165) is 18.9 Å². The summed E-state index contributed by atoms with van der Waals surface area (Å²) in [6, 6.07) is 0.329. The number of carbonyl (C=O) groups excluding carboxylic acids is 1. The van der Waals surface area contributed by atoms with Crippen molar-refractivity contribution in [3.63, 3.8) is 0 Å². The van der Waals surface area contributed by atoms with Crippen LogP contribution in [0.5, 0.6) is 0 Å². The van der Waals surface area contributed by atoms with Gasteiger partial charge in [0.1, 0.15) is 0 Å². The van der Waals surface area contributed by atoms with Crippen molar-refractivity contribution in [3.8, 4) is 0 Å². The lowest BCUT2D eigenvalue weighted by Crippen LogP contribution is -2.51. The number of hydrogen-bond acceptors (Lipinski definition) is 2. The SMILES string of the molecule is CCC1CC(NC(=O)C(C)(C)C)CN(C)C1. The predicted molar refractivity (Wildman–Crippen MR) is 67.3 cm³/mol. The smallest absolute Gasteiger partial charge is 0.225 e. The van der Waals surface area contributed by atoms with Gasteiger partial charge < -0.3 is 10.2 Å². The van der Waals surface area contributed by atoms with E-state index in [-0.39, 0.29) is 11.3 Å². The van der Waals surface area contributed by atoms with Crippen molar-refractivity contribution >= 4 is 5.91 Å². The molecular formula is C13H26N2O. The van der Waals surface area contributed by atoms with Gasteiger partial charge in [0, 0.05) is 24.5 Å². The van der Waals surface area contributed by atoms with Gasteiger partial charge in [-0.1, -0.05) is 34.1 Å². The molecule has 94 valence electrons. The van der Waals surface area contributed by atoms with Crippen LogP contribution in [0.1, 0.15) is 40.5 Å². The van der Waals surface area contributed by atoms with Crippen LogP contribution in [0.4, 0.5) is 0 Å². The van der Waals surface area contributed by atoms with E-state index in [4.69, 9.17) is 0 Å². The summed E-state index contributed by atoms with van der Waals surface area (Å²) in [6.07, 6.45) is 2.33. The first kappa shape index (κ1) is 13.5. The van der Waals surface area contributed by atoms with Gasteiger partial charge in [0.05, 0.1) is 0 Å². The van der Waals surface area contributed by atoms with Gasteiger partial charge in [-0.25, -0.2) is 0 Å².